The number of aryl methyl sites for hydroxylation is 1. The normalized spacial score (nSPS) is 19.0. The van der Waals surface area contributed by atoms with E-state index in [0.29, 0.717) is 5.95 Å². The third-order valence-corrected chi connectivity index (χ3v) is 5.89. The van der Waals surface area contributed by atoms with Crippen molar-refractivity contribution in [2.75, 3.05) is 5.32 Å². The predicted octanol–water partition coefficient (Wildman–Crippen LogP) is 5.29. The number of halogens is 1. The molecule has 6 heteroatoms. The largest absolute Gasteiger partial charge is 0.480 e. The molecule has 0 radical (unpaired) electrons. The number of para-hydroxylation sites is 1. The Balaban J connectivity index is 1.62. The second-order valence-electron chi connectivity index (χ2n) is 7.84. The van der Waals surface area contributed by atoms with E-state index in [9.17, 15) is 4.39 Å². The van der Waals surface area contributed by atoms with E-state index in [1.165, 1.54) is 24.0 Å². The number of aromatic nitrogens is 3. The molecule has 31 heavy (non-hydrogen) atoms. The fraction of sp³-hybridized carbons (Fsp3) is 0.120. The van der Waals surface area contributed by atoms with Crippen LogP contribution in [0.4, 0.5) is 10.3 Å². The summed E-state index contributed by atoms with van der Waals surface area (Å²) in [7, 11) is 0. The monoisotopic (exact) mass is 410 g/mol. The molecule has 2 unspecified atom stereocenters. The number of nitrogens with zero attached hydrogens (tertiary/aromatic N) is 3. The summed E-state index contributed by atoms with van der Waals surface area (Å²) in [6, 6.07) is 22.6. The van der Waals surface area contributed by atoms with E-state index >= 15 is 0 Å². The molecule has 0 fully saturated rings. The summed E-state index contributed by atoms with van der Waals surface area (Å²) in [5.41, 5.74) is 6.11. The summed E-state index contributed by atoms with van der Waals surface area (Å²) >= 11 is 0. The van der Waals surface area contributed by atoms with E-state index in [-0.39, 0.29) is 18.0 Å². The summed E-state index contributed by atoms with van der Waals surface area (Å²) < 4.78 is 22.1. The predicted molar refractivity (Wildman–Crippen MR) is 116 cm³/mol. The molecule has 0 spiro atoms. The summed E-state index contributed by atoms with van der Waals surface area (Å²) in [6.07, 6.45) is 1.20. The number of benzene rings is 3. The molecular formula is C25H19FN4O. The maximum atomic E-state index is 13.7. The lowest BCUT2D eigenvalue weighted by molar-refractivity contribution is 0.223. The van der Waals surface area contributed by atoms with Gasteiger partial charge in [-0.25, -0.2) is 9.07 Å². The zero-order valence-corrected chi connectivity index (χ0v) is 16.8. The molecule has 0 saturated carbocycles. The van der Waals surface area contributed by atoms with Gasteiger partial charge in [0.15, 0.2) is 0 Å². The smallest absolute Gasteiger partial charge is 0.226 e. The molecule has 0 bridgehead atoms. The maximum Gasteiger partial charge on any atom is 0.226 e. The Morgan fingerprint density at radius 3 is 2.48 bits per heavy atom. The third kappa shape index (κ3) is 2.83. The minimum Gasteiger partial charge on any atom is -0.480 e. The Morgan fingerprint density at radius 2 is 1.68 bits per heavy atom. The van der Waals surface area contributed by atoms with E-state index in [4.69, 9.17) is 4.74 Å². The van der Waals surface area contributed by atoms with Crippen LogP contribution < -0.4 is 10.1 Å². The highest BCUT2D eigenvalue weighted by atomic mass is 19.1. The van der Waals surface area contributed by atoms with Crippen molar-refractivity contribution in [2.45, 2.75) is 19.1 Å². The molecule has 2 aliphatic rings. The Bertz CT molecular complexity index is 1310. The highest BCUT2D eigenvalue weighted by Gasteiger charge is 2.40. The molecule has 4 aromatic rings. The average Bonchev–Trinajstić information content (AvgIpc) is 3.27. The first-order valence-corrected chi connectivity index (χ1v) is 10.2. The molecule has 1 aromatic heterocycles. The molecule has 2 aliphatic heterocycles. The number of rotatable bonds is 2. The number of ether oxygens (including phenoxy) is 1. The van der Waals surface area contributed by atoms with Crippen LogP contribution >= 0.6 is 0 Å². The number of nitrogens with one attached hydrogen (secondary N) is 1. The van der Waals surface area contributed by atoms with Gasteiger partial charge in [-0.3, -0.25) is 0 Å². The molecule has 2 atom stereocenters. The van der Waals surface area contributed by atoms with Crippen molar-refractivity contribution in [2.24, 2.45) is 0 Å². The second kappa shape index (κ2) is 6.80. The lowest BCUT2D eigenvalue weighted by atomic mass is 9.84. The molecule has 6 rings (SSSR count). The van der Waals surface area contributed by atoms with Gasteiger partial charge in [-0.05, 0) is 42.3 Å². The summed E-state index contributed by atoms with van der Waals surface area (Å²) in [6.45, 7) is 2.07. The van der Waals surface area contributed by atoms with Crippen molar-refractivity contribution in [1.82, 2.24) is 14.8 Å². The van der Waals surface area contributed by atoms with Gasteiger partial charge < -0.3 is 10.1 Å². The molecule has 0 saturated heterocycles. The van der Waals surface area contributed by atoms with Crippen molar-refractivity contribution in [1.29, 1.82) is 0 Å². The van der Waals surface area contributed by atoms with Crippen LogP contribution in [0.25, 0.3) is 5.70 Å². The number of hydrogen-bond acceptors (Lipinski definition) is 4. The van der Waals surface area contributed by atoms with Crippen LogP contribution in [-0.4, -0.2) is 14.8 Å². The van der Waals surface area contributed by atoms with Crippen molar-refractivity contribution < 1.29 is 9.13 Å². The molecule has 5 nitrogen and oxygen atoms in total. The fourth-order valence-corrected chi connectivity index (χ4v) is 4.40. The standard InChI is InChI=1S/C25H19FN4O/c1-15-6-8-17(9-7-15)24-21-22(19-4-2-3-5-20(19)31-24)29-25-27-14-28-30(25)23(21)16-10-12-18(26)13-11-16/h2-14,23-24H,1H3,(H,27,28,29). The van der Waals surface area contributed by atoms with Gasteiger partial charge in [-0.2, -0.15) is 10.1 Å². The first kappa shape index (κ1) is 17.9. The Labute approximate surface area is 178 Å². The van der Waals surface area contributed by atoms with Crippen LogP contribution in [0.1, 0.15) is 34.4 Å². The van der Waals surface area contributed by atoms with Crippen molar-refractivity contribution in [3.05, 3.63) is 113 Å². The first-order chi connectivity index (χ1) is 15.2. The number of anilines is 1. The van der Waals surface area contributed by atoms with Gasteiger partial charge in [-0.1, -0.05) is 54.1 Å². The summed E-state index contributed by atoms with van der Waals surface area (Å²) in [5.74, 6) is 1.18. The van der Waals surface area contributed by atoms with Gasteiger partial charge in [0.2, 0.25) is 5.95 Å². The van der Waals surface area contributed by atoms with Gasteiger partial charge in [0.25, 0.3) is 0 Å². The zero-order valence-electron chi connectivity index (χ0n) is 16.8. The van der Waals surface area contributed by atoms with Crippen molar-refractivity contribution >= 4 is 11.6 Å². The van der Waals surface area contributed by atoms with Crippen LogP contribution in [0.3, 0.4) is 0 Å². The Kier molecular flexibility index (Phi) is 3.93. The Hall–Kier alpha value is -3.93. The highest BCUT2D eigenvalue weighted by Crippen LogP contribution is 2.50. The van der Waals surface area contributed by atoms with Gasteiger partial charge in [0, 0.05) is 11.1 Å². The van der Waals surface area contributed by atoms with E-state index in [1.54, 1.807) is 12.1 Å². The summed E-state index contributed by atoms with van der Waals surface area (Å²) in [4.78, 5) is 4.42. The molecule has 0 amide bonds. The van der Waals surface area contributed by atoms with E-state index in [2.05, 4.69) is 46.6 Å². The van der Waals surface area contributed by atoms with Gasteiger partial charge in [-0.15, -0.1) is 0 Å². The van der Waals surface area contributed by atoms with Crippen LogP contribution in [0, 0.1) is 12.7 Å². The first-order valence-electron chi connectivity index (χ1n) is 10.2. The SMILES string of the molecule is Cc1ccc(C2Oc3ccccc3C3=C2C(c2ccc(F)cc2)n2ncnc2N3)cc1. The molecule has 1 N–H and O–H groups in total. The van der Waals surface area contributed by atoms with Crippen LogP contribution in [-0.2, 0) is 0 Å². The third-order valence-electron chi connectivity index (χ3n) is 5.89. The van der Waals surface area contributed by atoms with Crippen LogP contribution in [0.5, 0.6) is 5.75 Å². The molecule has 152 valence electrons. The van der Waals surface area contributed by atoms with E-state index < -0.39 is 0 Å². The van der Waals surface area contributed by atoms with Crippen LogP contribution in [0.15, 0.2) is 84.7 Å². The van der Waals surface area contributed by atoms with Crippen molar-refractivity contribution in [3.63, 3.8) is 0 Å². The second-order valence-corrected chi connectivity index (χ2v) is 7.84. The topological polar surface area (TPSA) is 52.0 Å². The molecular weight excluding hydrogens is 391 g/mol. The summed E-state index contributed by atoms with van der Waals surface area (Å²) in [5, 5.41) is 7.96. The molecule has 3 heterocycles. The van der Waals surface area contributed by atoms with Gasteiger partial charge >= 0.3 is 0 Å². The lowest BCUT2D eigenvalue weighted by Gasteiger charge is -2.39. The Morgan fingerprint density at radius 1 is 0.935 bits per heavy atom. The van der Waals surface area contributed by atoms with E-state index in [1.807, 2.05) is 28.9 Å². The van der Waals surface area contributed by atoms with Crippen LogP contribution in [0.2, 0.25) is 0 Å². The minimum atomic E-state index is -0.328. The van der Waals surface area contributed by atoms with E-state index in [0.717, 1.165) is 33.7 Å². The minimum absolute atomic E-state index is 0.272. The zero-order chi connectivity index (χ0) is 20.9. The van der Waals surface area contributed by atoms with Gasteiger partial charge in [0.1, 0.15) is 30.0 Å². The van der Waals surface area contributed by atoms with Crippen molar-refractivity contribution in [3.8, 4) is 5.75 Å². The quantitative estimate of drug-likeness (QED) is 0.488. The number of fused-ring (bicyclic) bond motifs is 3. The maximum absolute atomic E-state index is 13.7. The molecule has 3 aromatic carbocycles. The fourth-order valence-electron chi connectivity index (χ4n) is 4.40. The van der Waals surface area contributed by atoms with Gasteiger partial charge in [0.05, 0.1) is 5.70 Å². The highest BCUT2D eigenvalue weighted by molar-refractivity contribution is 5.85. The lowest BCUT2D eigenvalue weighted by Crippen LogP contribution is -2.32. The molecule has 0 aliphatic carbocycles. The average molecular weight is 410 g/mol. The number of hydrogen-bond donors (Lipinski definition) is 1.